The number of nitrogens with zero attached hydrogens (tertiary/aromatic N) is 1. The van der Waals surface area contributed by atoms with Gasteiger partial charge < -0.3 is 16.2 Å². The Hall–Kier alpha value is -1.59. The number of benzene rings is 1. The Bertz CT molecular complexity index is 474. The number of aliphatic hydroxyl groups is 1. The summed E-state index contributed by atoms with van der Waals surface area (Å²) < 4.78 is 0. The Morgan fingerprint density at radius 1 is 1.48 bits per heavy atom. The van der Waals surface area contributed by atoms with E-state index in [-0.39, 0.29) is 12.0 Å². The van der Waals surface area contributed by atoms with Crippen LogP contribution in [0, 0.1) is 12.8 Å². The highest BCUT2D eigenvalue weighted by molar-refractivity contribution is 5.96. The maximum absolute atomic E-state index is 12.1. The molecule has 116 valence electrons. The molecule has 1 aromatic carbocycles. The fourth-order valence-corrected chi connectivity index (χ4v) is 2.84. The molecule has 1 aliphatic rings. The lowest BCUT2D eigenvalue weighted by Crippen LogP contribution is -2.41. The van der Waals surface area contributed by atoms with Crippen LogP contribution >= 0.6 is 0 Å². The molecule has 1 saturated heterocycles. The number of hydrogen-bond donors (Lipinski definition) is 3. The molecule has 0 bridgehead atoms. The average molecular weight is 291 g/mol. The van der Waals surface area contributed by atoms with E-state index in [9.17, 15) is 9.90 Å². The van der Waals surface area contributed by atoms with Gasteiger partial charge in [-0.3, -0.25) is 9.69 Å². The molecule has 0 saturated carbocycles. The monoisotopic (exact) mass is 291 g/mol. The molecule has 2 rings (SSSR count). The Kier molecular flexibility index (Phi) is 5.20. The summed E-state index contributed by atoms with van der Waals surface area (Å²) in [4.78, 5) is 14.3. The number of nitrogens with two attached hydrogens (primary N) is 1. The molecule has 5 nitrogen and oxygen atoms in total. The van der Waals surface area contributed by atoms with Crippen molar-refractivity contribution in [1.29, 1.82) is 0 Å². The smallest absolute Gasteiger partial charge is 0.238 e. The molecule has 5 heteroatoms. The van der Waals surface area contributed by atoms with Gasteiger partial charge in [0.2, 0.25) is 5.91 Å². The van der Waals surface area contributed by atoms with Crippen molar-refractivity contribution in [3.63, 3.8) is 0 Å². The Balaban J connectivity index is 1.86. The van der Waals surface area contributed by atoms with Crippen molar-refractivity contribution in [2.75, 3.05) is 30.7 Å². The molecule has 4 N–H and O–H groups in total. The lowest BCUT2D eigenvalue weighted by molar-refractivity contribution is -0.117. The Morgan fingerprint density at radius 3 is 2.71 bits per heavy atom. The van der Waals surface area contributed by atoms with Gasteiger partial charge in [0, 0.05) is 0 Å². The van der Waals surface area contributed by atoms with Gasteiger partial charge in [0.25, 0.3) is 0 Å². The molecule has 0 spiro atoms. The quantitative estimate of drug-likeness (QED) is 0.736. The number of likely N-dealkylation sites (tertiary alicyclic amines) is 1. The van der Waals surface area contributed by atoms with Crippen LogP contribution in [0.1, 0.15) is 25.3 Å². The number of aryl methyl sites for hydroxylation is 1. The number of nitrogen functional groups attached to an aromatic ring is 1. The first kappa shape index (κ1) is 15.8. The third-order valence-electron chi connectivity index (χ3n) is 4.25. The van der Waals surface area contributed by atoms with E-state index in [2.05, 4.69) is 10.2 Å². The van der Waals surface area contributed by atoms with Crippen LogP contribution < -0.4 is 11.1 Å². The highest BCUT2D eigenvalue weighted by Gasteiger charge is 2.23. The van der Waals surface area contributed by atoms with Crippen LogP contribution in [0.2, 0.25) is 0 Å². The average Bonchev–Trinajstić information content (AvgIpc) is 2.43. The van der Waals surface area contributed by atoms with E-state index < -0.39 is 0 Å². The predicted molar refractivity (Wildman–Crippen MR) is 85.1 cm³/mol. The number of nitrogens with one attached hydrogen (secondary N) is 1. The van der Waals surface area contributed by atoms with E-state index in [1.165, 1.54) is 0 Å². The molecule has 1 heterocycles. The van der Waals surface area contributed by atoms with Gasteiger partial charge in [0.05, 0.1) is 24.0 Å². The summed E-state index contributed by atoms with van der Waals surface area (Å²) in [5, 5.41) is 12.5. The maximum atomic E-state index is 12.1. The van der Waals surface area contributed by atoms with Crippen LogP contribution in [0.25, 0.3) is 0 Å². The number of anilines is 2. The largest absolute Gasteiger partial charge is 0.397 e. The van der Waals surface area contributed by atoms with Gasteiger partial charge in [-0.2, -0.15) is 0 Å². The molecule has 1 aliphatic heterocycles. The van der Waals surface area contributed by atoms with Gasteiger partial charge in [-0.15, -0.1) is 0 Å². The van der Waals surface area contributed by atoms with Gasteiger partial charge in [0.15, 0.2) is 0 Å². The molecule has 1 atom stereocenters. The summed E-state index contributed by atoms with van der Waals surface area (Å²) in [7, 11) is 0. The lowest BCUT2D eigenvalue weighted by atomic mass is 9.92. The highest BCUT2D eigenvalue weighted by atomic mass is 16.3. The molecular formula is C16H25N3O2. The topological polar surface area (TPSA) is 78.6 Å². The number of hydrogen-bond acceptors (Lipinski definition) is 4. The number of amides is 1. The summed E-state index contributed by atoms with van der Waals surface area (Å²) >= 11 is 0. The first-order chi connectivity index (χ1) is 9.97. The van der Waals surface area contributed by atoms with E-state index in [0.717, 1.165) is 31.5 Å². The third-order valence-corrected chi connectivity index (χ3v) is 4.25. The van der Waals surface area contributed by atoms with Gasteiger partial charge in [-0.05, 0) is 57.3 Å². The normalized spacial score (nSPS) is 18.4. The fraction of sp³-hybridized carbons (Fsp3) is 0.562. The molecule has 1 amide bonds. The first-order valence-electron chi connectivity index (χ1n) is 7.52. The van der Waals surface area contributed by atoms with Crippen LogP contribution in [-0.4, -0.2) is 41.7 Å². The lowest BCUT2D eigenvalue weighted by Gasteiger charge is -2.32. The second kappa shape index (κ2) is 6.91. The van der Waals surface area contributed by atoms with Gasteiger partial charge >= 0.3 is 0 Å². The zero-order chi connectivity index (χ0) is 15.4. The predicted octanol–water partition coefficient (Wildman–Crippen LogP) is 1.61. The van der Waals surface area contributed by atoms with Crippen molar-refractivity contribution in [2.45, 2.75) is 32.8 Å². The van der Waals surface area contributed by atoms with Crippen molar-refractivity contribution in [1.82, 2.24) is 4.90 Å². The van der Waals surface area contributed by atoms with Crippen molar-refractivity contribution in [3.05, 3.63) is 23.8 Å². The molecule has 0 aromatic heterocycles. The van der Waals surface area contributed by atoms with Crippen LogP contribution in [-0.2, 0) is 4.79 Å². The number of piperidine rings is 1. The van der Waals surface area contributed by atoms with E-state index in [1.807, 2.05) is 26.0 Å². The van der Waals surface area contributed by atoms with Crippen LogP contribution in [0.15, 0.2) is 18.2 Å². The Labute approximate surface area is 126 Å². The minimum absolute atomic E-state index is 0.0357. The van der Waals surface area contributed by atoms with Crippen molar-refractivity contribution >= 4 is 17.3 Å². The zero-order valence-electron chi connectivity index (χ0n) is 12.8. The SMILES string of the molecule is Cc1cccc(N)c1NC(=O)CN1CCC(C(C)O)CC1. The van der Waals surface area contributed by atoms with Crippen LogP contribution in [0.4, 0.5) is 11.4 Å². The van der Waals surface area contributed by atoms with E-state index >= 15 is 0 Å². The second-order valence-corrected chi connectivity index (χ2v) is 5.94. The summed E-state index contributed by atoms with van der Waals surface area (Å²) in [6.45, 7) is 5.85. The molecule has 21 heavy (non-hydrogen) atoms. The van der Waals surface area contributed by atoms with Gasteiger partial charge in [-0.25, -0.2) is 0 Å². The van der Waals surface area contributed by atoms with Gasteiger partial charge in [-0.1, -0.05) is 12.1 Å². The minimum Gasteiger partial charge on any atom is -0.397 e. The van der Waals surface area contributed by atoms with Crippen LogP contribution in [0.5, 0.6) is 0 Å². The fourth-order valence-electron chi connectivity index (χ4n) is 2.84. The summed E-state index contributed by atoms with van der Waals surface area (Å²) in [5.74, 6) is 0.322. The Morgan fingerprint density at radius 2 is 2.14 bits per heavy atom. The number of rotatable bonds is 4. The van der Waals surface area contributed by atoms with Crippen LogP contribution in [0.3, 0.4) is 0 Å². The highest BCUT2D eigenvalue weighted by Crippen LogP contribution is 2.23. The van der Waals surface area contributed by atoms with E-state index in [4.69, 9.17) is 5.73 Å². The molecule has 1 fully saturated rings. The standard InChI is InChI=1S/C16H25N3O2/c1-11-4-3-5-14(17)16(11)18-15(21)10-19-8-6-13(7-9-19)12(2)20/h3-5,12-13,20H,6-10,17H2,1-2H3,(H,18,21). The van der Waals surface area contributed by atoms with E-state index in [1.54, 1.807) is 6.07 Å². The first-order valence-corrected chi connectivity index (χ1v) is 7.52. The molecule has 1 aromatic rings. The maximum Gasteiger partial charge on any atom is 0.238 e. The number of aliphatic hydroxyl groups excluding tert-OH is 1. The summed E-state index contributed by atoms with van der Waals surface area (Å²) in [6, 6.07) is 5.60. The molecular weight excluding hydrogens is 266 g/mol. The number of para-hydroxylation sites is 1. The summed E-state index contributed by atoms with van der Waals surface area (Å²) in [5.41, 5.74) is 8.17. The molecule has 0 radical (unpaired) electrons. The van der Waals surface area contributed by atoms with E-state index in [0.29, 0.717) is 23.8 Å². The molecule has 0 aliphatic carbocycles. The number of carbonyl (C=O) groups excluding carboxylic acids is 1. The minimum atomic E-state index is -0.257. The second-order valence-electron chi connectivity index (χ2n) is 5.94. The van der Waals surface area contributed by atoms with Crippen molar-refractivity contribution in [3.8, 4) is 0 Å². The molecule has 1 unspecified atom stereocenters. The summed E-state index contributed by atoms with van der Waals surface area (Å²) in [6.07, 6.45) is 1.63. The zero-order valence-corrected chi connectivity index (χ0v) is 12.8. The van der Waals surface area contributed by atoms with Crippen molar-refractivity contribution < 1.29 is 9.90 Å². The van der Waals surface area contributed by atoms with Crippen molar-refractivity contribution in [2.24, 2.45) is 5.92 Å². The van der Waals surface area contributed by atoms with Gasteiger partial charge in [0.1, 0.15) is 0 Å². The third kappa shape index (κ3) is 4.19. The number of carbonyl (C=O) groups is 1.